The Kier molecular flexibility index (Phi) is 11.3. The van der Waals surface area contributed by atoms with Crippen molar-refractivity contribution in [3.63, 3.8) is 0 Å². The number of amides is 1. The average Bonchev–Trinajstić information content (AvgIpc) is 3.56. The largest absolute Gasteiger partial charge is 0.479 e. The Morgan fingerprint density at radius 1 is 0.830 bits per heavy atom. The molecule has 2 aliphatic heterocycles. The molecule has 2 aliphatic rings. The summed E-state index contributed by atoms with van der Waals surface area (Å²) in [5.74, 6) is -2.30. The number of aliphatic carboxylic acids is 1. The normalized spacial score (nSPS) is 30.9. The van der Waals surface area contributed by atoms with Crippen molar-refractivity contribution in [3.8, 4) is 5.69 Å². The number of hydrogen-bond donors (Lipinski definition) is 6. The summed E-state index contributed by atoms with van der Waals surface area (Å²) in [4.78, 5) is 25.2. The molecule has 2 aromatic carbocycles. The standard InChI is InChI=1S/C31H38N4O12/c1-43-24-20(36)23(39)31(45-25-21(37)22(38)30(44-2)47-27(25)29(41)42)46-26(24)28(40)32-14-17-9-6-10-19(13-17)35-15-18(33-34-35)12-11-16-7-4-3-5-8-16/h3-10,13,15,20-27,30-31,36-39H,11-12,14H2,1-2H3,(H,32,40)(H,41,42). The molecule has 0 radical (unpaired) electrons. The molecule has 10 atom stereocenters. The van der Waals surface area contributed by atoms with Crippen molar-refractivity contribution < 1.29 is 58.8 Å². The number of nitrogens with one attached hydrogen (secondary N) is 1. The molecule has 16 nitrogen and oxygen atoms in total. The number of rotatable bonds is 12. The second-order valence-corrected chi connectivity index (χ2v) is 11.2. The molecule has 5 rings (SSSR count). The number of benzene rings is 2. The number of methoxy groups -OCH3 is 2. The number of carboxylic acid groups (broad SMARTS) is 1. The van der Waals surface area contributed by atoms with Crippen LogP contribution in [0, 0.1) is 0 Å². The van der Waals surface area contributed by atoms with E-state index in [1.807, 2.05) is 36.5 Å². The van der Waals surface area contributed by atoms with Crippen LogP contribution in [0.15, 0.2) is 60.8 Å². The topological polar surface area (TPSA) is 224 Å². The lowest BCUT2D eigenvalue weighted by atomic mass is 9.96. The lowest BCUT2D eigenvalue weighted by Gasteiger charge is -2.45. The van der Waals surface area contributed by atoms with Crippen LogP contribution in [0.25, 0.3) is 5.69 Å². The summed E-state index contributed by atoms with van der Waals surface area (Å²) in [6.45, 7) is 0.0313. The van der Waals surface area contributed by atoms with Crippen molar-refractivity contribution in [1.82, 2.24) is 20.3 Å². The zero-order valence-electron chi connectivity index (χ0n) is 25.6. The van der Waals surface area contributed by atoms with Crippen molar-refractivity contribution in [3.05, 3.63) is 77.6 Å². The van der Waals surface area contributed by atoms with Crippen molar-refractivity contribution in [2.24, 2.45) is 0 Å². The molecule has 2 saturated heterocycles. The minimum atomic E-state index is -1.85. The minimum Gasteiger partial charge on any atom is -0.479 e. The van der Waals surface area contributed by atoms with E-state index in [1.165, 1.54) is 12.7 Å². The highest BCUT2D eigenvalue weighted by Gasteiger charge is 2.54. The van der Waals surface area contributed by atoms with Crippen LogP contribution in [-0.4, -0.2) is 128 Å². The van der Waals surface area contributed by atoms with Gasteiger partial charge in [-0.1, -0.05) is 47.7 Å². The first kappa shape index (κ1) is 34.5. The third-order valence-corrected chi connectivity index (χ3v) is 8.08. The van der Waals surface area contributed by atoms with Crippen LogP contribution in [0.3, 0.4) is 0 Å². The highest BCUT2D eigenvalue weighted by molar-refractivity contribution is 5.81. The molecule has 1 amide bonds. The van der Waals surface area contributed by atoms with E-state index in [0.29, 0.717) is 17.7 Å². The summed E-state index contributed by atoms with van der Waals surface area (Å²) in [5, 5.41) is 63.2. The van der Waals surface area contributed by atoms with E-state index in [4.69, 9.17) is 23.7 Å². The Balaban J connectivity index is 1.23. The van der Waals surface area contributed by atoms with Gasteiger partial charge in [-0.3, -0.25) is 4.79 Å². The predicted molar refractivity (Wildman–Crippen MR) is 159 cm³/mol. The van der Waals surface area contributed by atoms with Gasteiger partial charge < -0.3 is 54.5 Å². The first-order valence-corrected chi connectivity index (χ1v) is 14.9. The third kappa shape index (κ3) is 7.83. The number of carboxylic acids is 1. The number of carbonyl (C=O) groups is 2. The van der Waals surface area contributed by atoms with Crippen LogP contribution in [0.4, 0.5) is 0 Å². The summed E-state index contributed by atoms with van der Waals surface area (Å²) in [6, 6.07) is 17.3. The van der Waals surface area contributed by atoms with Crippen molar-refractivity contribution in [2.75, 3.05) is 14.2 Å². The van der Waals surface area contributed by atoms with Gasteiger partial charge in [0.25, 0.3) is 5.91 Å². The maximum atomic E-state index is 13.3. The van der Waals surface area contributed by atoms with Gasteiger partial charge in [0.05, 0.1) is 17.6 Å². The number of carbonyl (C=O) groups excluding carboxylic acids is 1. The van der Waals surface area contributed by atoms with Crippen LogP contribution >= 0.6 is 0 Å². The van der Waals surface area contributed by atoms with Crippen LogP contribution in [0.1, 0.15) is 16.8 Å². The van der Waals surface area contributed by atoms with Crippen molar-refractivity contribution in [1.29, 1.82) is 0 Å². The van der Waals surface area contributed by atoms with Crippen LogP contribution in [0.2, 0.25) is 0 Å². The molecule has 0 spiro atoms. The quantitative estimate of drug-likeness (QED) is 0.133. The minimum absolute atomic E-state index is 0.0313. The van der Waals surface area contributed by atoms with Crippen LogP contribution in [0.5, 0.6) is 0 Å². The summed E-state index contributed by atoms with van der Waals surface area (Å²) in [5.41, 5.74) is 3.43. The number of aryl methyl sites for hydroxylation is 2. The maximum Gasteiger partial charge on any atom is 0.335 e. The number of aliphatic hydroxyl groups is 4. The lowest BCUT2D eigenvalue weighted by molar-refractivity contribution is -0.348. The van der Waals surface area contributed by atoms with Gasteiger partial charge in [0.2, 0.25) is 0 Å². The fourth-order valence-electron chi connectivity index (χ4n) is 5.52. The molecule has 47 heavy (non-hydrogen) atoms. The highest BCUT2D eigenvalue weighted by atomic mass is 16.7. The van der Waals surface area contributed by atoms with E-state index in [-0.39, 0.29) is 6.54 Å². The smallest absolute Gasteiger partial charge is 0.335 e. The second kappa shape index (κ2) is 15.4. The molecule has 3 aromatic rings. The average molecular weight is 659 g/mol. The Bertz CT molecular complexity index is 1490. The van der Waals surface area contributed by atoms with Gasteiger partial charge in [0, 0.05) is 20.8 Å². The highest BCUT2D eigenvalue weighted by Crippen LogP contribution is 2.30. The summed E-state index contributed by atoms with van der Waals surface area (Å²) in [6.07, 6.45) is -13.6. The summed E-state index contributed by atoms with van der Waals surface area (Å²) < 4.78 is 28.2. The number of nitrogens with zero attached hydrogens (tertiary/aromatic N) is 3. The molecule has 2 fully saturated rings. The Morgan fingerprint density at radius 3 is 2.21 bits per heavy atom. The van der Waals surface area contributed by atoms with Gasteiger partial charge >= 0.3 is 5.97 Å². The zero-order valence-corrected chi connectivity index (χ0v) is 25.6. The van der Waals surface area contributed by atoms with E-state index in [1.54, 1.807) is 16.8 Å². The molecule has 0 saturated carbocycles. The predicted octanol–water partition coefficient (Wildman–Crippen LogP) is -1.31. The van der Waals surface area contributed by atoms with Crippen molar-refractivity contribution in [2.45, 2.75) is 80.8 Å². The molecule has 1 aromatic heterocycles. The van der Waals surface area contributed by atoms with Gasteiger partial charge in [-0.05, 0) is 36.1 Å². The lowest BCUT2D eigenvalue weighted by Crippen LogP contribution is -2.66. The molecule has 254 valence electrons. The van der Waals surface area contributed by atoms with Gasteiger partial charge in [-0.25, -0.2) is 9.48 Å². The van der Waals surface area contributed by atoms with Crippen LogP contribution in [-0.2, 0) is 52.7 Å². The number of aliphatic hydroxyl groups excluding tert-OH is 4. The molecule has 0 bridgehead atoms. The first-order chi connectivity index (χ1) is 22.6. The van der Waals surface area contributed by atoms with E-state index < -0.39 is 73.3 Å². The van der Waals surface area contributed by atoms with Gasteiger partial charge in [-0.2, -0.15) is 0 Å². The van der Waals surface area contributed by atoms with Crippen LogP contribution < -0.4 is 5.32 Å². The van der Waals surface area contributed by atoms with Gasteiger partial charge in [-0.15, -0.1) is 5.10 Å². The fraction of sp³-hybridized carbons (Fsp3) is 0.484. The number of hydrogen-bond acceptors (Lipinski definition) is 13. The van der Waals surface area contributed by atoms with E-state index in [9.17, 15) is 35.1 Å². The molecule has 3 heterocycles. The fourth-order valence-corrected chi connectivity index (χ4v) is 5.52. The second-order valence-electron chi connectivity index (χ2n) is 11.2. The van der Waals surface area contributed by atoms with Gasteiger partial charge in [0.1, 0.15) is 36.6 Å². The first-order valence-electron chi connectivity index (χ1n) is 14.9. The maximum absolute atomic E-state index is 13.3. The monoisotopic (exact) mass is 658 g/mol. The third-order valence-electron chi connectivity index (χ3n) is 8.08. The molecule has 6 N–H and O–H groups in total. The van der Waals surface area contributed by atoms with Crippen molar-refractivity contribution >= 4 is 11.9 Å². The van der Waals surface area contributed by atoms with E-state index in [2.05, 4.69) is 27.8 Å². The molecule has 10 unspecified atom stereocenters. The molecule has 16 heteroatoms. The number of ether oxygens (including phenoxy) is 5. The van der Waals surface area contributed by atoms with E-state index in [0.717, 1.165) is 19.2 Å². The Morgan fingerprint density at radius 2 is 1.51 bits per heavy atom. The zero-order chi connectivity index (χ0) is 33.7. The molecule has 0 aliphatic carbocycles. The SMILES string of the molecule is COC1OC(C(=O)O)C(OC2OC(C(=O)NCc3cccc(-n4cc(CCc5ccccc5)nn4)c3)C(OC)C(O)C2O)C(O)C1O. The summed E-state index contributed by atoms with van der Waals surface area (Å²) >= 11 is 0. The van der Waals surface area contributed by atoms with E-state index >= 15 is 0 Å². The molecular formula is C31H38N4O12. The molecular weight excluding hydrogens is 620 g/mol. The Labute approximate surface area is 269 Å². The number of aromatic nitrogens is 3. The van der Waals surface area contributed by atoms with Gasteiger partial charge in [0.15, 0.2) is 24.8 Å². The summed E-state index contributed by atoms with van der Waals surface area (Å²) in [7, 11) is 2.36. The Hall–Kier alpha value is -3.84.